The summed E-state index contributed by atoms with van der Waals surface area (Å²) in [4.78, 5) is 101. The van der Waals surface area contributed by atoms with Crippen LogP contribution in [0.4, 0.5) is 27.9 Å². The largest absolute Gasteiger partial charge is 0.344 e. The van der Waals surface area contributed by atoms with Gasteiger partial charge in [0.1, 0.15) is 17.4 Å². The summed E-state index contributed by atoms with van der Waals surface area (Å²) in [5.74, 6) is -1.20. The van der Waals surface area contributed by atoms with Gasteiger partial charge in [-0.1, -0.05) is 45.2 Å². The lowest BCUT2D eigenvalue weighted by atomic mass is 9.76. The van der Waals surface area contributed by atoms with Crippen molar-refractivity contribution in [2.45, 2.75) is 130 Å². The highest BCUT2D eigenvalue weighted by atomic mass is 16.2. The highest BCUT2D eigenvalue weighted by Crippen LogP contribution is 2.37. The van der Waals surface area contributed by atoms with Crippen LogP contribution in [0, 0.1) is 31.6 Å². The molecule has 0 spiro atoms. The third-order valence-electron chi connectivity index (χ3n) is 12.3. The lowest BCUT2D eigenvalue weighted by molar-refractivity contribution is -0.144. The van der Waals surface area contributed by atoms with Crippen molar-refractivity contribution in [1.82, 2.24) is 30.5 Å². The van der Waals surface area contributed by atoms with E-state index in [9.17, 15) is 28.8 Å². The molecule has 0 unspecified atom stereocenters. The lowest BCUT2D eigenvalue weighted by Gasteiger charge is -2.35. The summed E-state index contributed by atoms with van der Waals surface area (Å²) in [5.41, 5.74) is 2.74. The average molecular weight is 836 g/mol. The number of pyridine rings is 1. The minimum atomic E-state index is -1.35. The maximum Gasteiger partial charge on any atom is 0.330 e. The molecule has 61 heavy (non-hydrogen) atoms. The molecule has 3 aliphatic rings. The van der Waals surface area contributed by atoms with Crippen LogP contribution in [0.5, 0.6) is 0 Å². The van der Waals surface area contributed by atoms with E-state index in [2.05, 4.69) is 30.9 Å². The Balaban J connectivity index is 1.18. The van der Waals surface area contributed by atoms with Crippen molar-refractivity contribution < 1.29 is 28.8 Å². The van der Waals surface area contributed by atoms with Gasteiger partial charge in [0.05, 0.1) is 24.5 Å². The first kappa shape index (κ1) is 44.8. The predicted octanol–water partition coefficient (Wildman–Crippen LogP) is 6.58. The smallest absolute Gasteiger partial charge is 0.330 e. The van der Waals surface area contributed by atoms with Crippen LogP contribution < -0.4 is 25.8 Å². The Morgan fingerprint density at radius 2 is 1.67 bits per heavy atom. The van der Waals surface area contributed by atoms with Crippen LogP contribution in [-0.4, -0.2) is 86.4 Å². The van der Waals surface area contributed by atoms with Crippen LogP contribution in [0.2, 0.25) is 0 Å². The van der Waals surface area contributed by atoms with Gasteiger partial charge >= 0.3 is 6.03 Å². The zero-order chi connectivity index (χ0) is 44.2. The number of urea groups is 1. The summed E-state index contributed by atoms with van der Waals surface area (Å²) >= 11 is 0. The van der Waals surface area contributed by atoms with E-state index in [0.717, 1.165) is 54.6 Å². The quantitative estimate of drug-likeness (QED) is 0.141. The summed E-state index contributed by atoms with van der Waals surface area (Å²) < 4.78 is 0. The van der Waals surface area contributed by atoms with Crippen molar-refractivity contribution in [3.8, 4) is 0 Å². The van der Waals surface area contributed by atoms with Gasteiger partial charge in [0.25, 0.3) is 0 Å². The Labute approximate surface area is 358 Å². The fourth-order valence-corrected chi connectivity index (χ4v) is 8.71. The molecule has 0 bridgehead atoms. The average Bonchev–Trinajstić information content (AvgIpc) is 3.73. The highest BCUT2D eigenvalue weighted by molar-refractivity contribution is 6.07. The number of likely N-dealkylation sites (tertiary alicyclic amines) is 1. The number of hydrogen-bond donors (Lipinski definition) is 3. The number of carbonyl (C=O) groups excluding carboxylic acids is 6. The Hall–Kier alpha value is -5.73. The molecule has 3 atom stereocenters. The topological polar surface area (TPSA) is 187 Å². The van der Waals surface area contributed by atoms with E-state index in [1.54, 1.807) is 55.2 Å². The number of nitrogens with zero attached hydrogens (tertiary/aromatic N) is 6. The third kappa shape index (κ3) is 10.4. The van der Waals surface area contributed by atoms with Gasteiger partial charge in [-0.05, 0) is 102 Å². The van der Waals surface area contributed by atoms with E-state index in [1.807, 2.05) is 45.9 Å². The van der Waals surface area contributed by atoms with Crippen LogP contribution >= 0.6 is 0 Å². The third-order valence-corrected chi connectivity index (χ3v) is 12.3. The fraction of sp³-hybridized carbons (Fsp3) is 0.543. The molecule has 3 N–H and O–H groups in total. The maximum absolute atomic E-state index is 14.7. The van der Waals surface area contributed by atoms with E-state index in [1.165, 1.54) is 11.8 Å². The van der Waals surface area contributed by atoms with Crippen LogP contribution in [-0.2, 0) is 25.7 Å². The van der Waals surface area contributed by atoms with Crippen molar-refractivity contribution in [1.29, 1.82) is 0 Å². The second-order valence-electron chi connectivity index (χ2n) is 18.0. The summed E-state index contributed by atoms with van der Waals surface area (Å²) in [7, 11) is 1.65. The Morgan fingerprint density at radius 1 is 0.934 bits per heavy atom. The minimum absolute atomic E-state index is 0.0263. The second kappa shape index (κ2) is 18.9. The van der Waals surface area contributed by atoms with Gasteiger partial charge in [0.2, 0.25) is 23.7 Å². The molecular weight excluding hydrogens is 775 g/mol. The molecule has 0 radical (unpaired) electrons. The molecular formula is C46H61N9O6. The number of fused-ring (bicyclic) bond motifs is 1. The monoisotopic (exact) mass is 835 g/mol. The van der Waals surface area contributed by atoms with Crippen LogP contribution in [0.1, 0.15) is 120 Å². The number of rotatable bonds is 15. The first-order valence-corrected chi connectivity index (χ1v) is 21.6. The van der Waals surface area contributed by atoms with E-state index < -0.39 is 35.4 Å². The Kier molecular flexibility index (Phi) is 13.9. The van der Waals surface area contributed by atoms with E-state index in [0.29, 0.717) is 48.8 Å². The second-order valence-corrected chi connectivity index (χ2v) is 18.0. The molecule has 1 saturated carbocycles. The normalized spacial score (nSPS) is 18.1. The number of Topliss-reactive ketones (excluding diaryl/α,β-unsaturated/α-hetero) is 2. The molecule has 3 aromatic rings. The summed E-state index contributed by atoms with van der Waals surface area (Å²) in [6.45, 7) is 12.9. The van der Waals surface area contributed by atoms with Gasteiger partial charge < -0.3 is 20.9 Å². The molecule has 2 fully saturated rings. The van der Waals surface area contributed by atoms with E-state index in [4.69, 9.17) is 0 Å². The van der Waals surface area contributed by atoms with Crippen molar-refractivity contribution in [3.63, 3.8) is 0 Å². The van der Waals surface area contributed by atoms with Gasteiger partial charge in [-0.15, -0.1) is 0 Å². The molecule has 6 rings (SSSR count). The number of carbonyl (C=O) groups is 6. The van der Waals surface area contributed by atoms with Crippen LogP contribution in [0.25, 0.3) is 0 Å². The lowest BCUT2D eigenvalue weighted by Crippen LogP contribution is -2.61. The molecule has 1 aliphatic carbocycles. The predicted molar refractivity (Wildman–Crippen MR) is 233 cm³/mol. The Morgan fingerprint density at radius 3 is 2.34 bits per heavy atom. The van der Waals surface area contributed by atoms with E-state index in [-0.39, 0.29) is 48.3 Å². The molecule has 1 saturated heterocycles. The van der Waals surface area contributed by atoms with Crippen molar-refractivity contribution in [2.24, 2.45) is 17.8 Å². The molecule has 2 aromatic heterocycles. The van der Waals surface area contributed by atoms with Gasteiger partial charge in [-0.2, -0.15) is 4.98 Å². The summed E-state index contributed by atoms with van der Waals surface area (Å²) in [6.07, 6.45) is 9.45. The van der Waals surface area contributed by atoms with Crippen LogP contribution in [0.15, 0.2) is 42.7 Å². The number of anilines is 4. The van der Waals surface area contributed by atoms with Crippen molar-refractivity contribution >= 4 is 58.5 Å². The molecule has 2 aliphatic heterocycles. The first-order valence-electron chi connectivity index (χ1n) is 21.6. The number of amides is 5. The zero-order valence-corrected chi connectivity index (χ0v) is 36.8. The molecule has 15 heteroatoms. The number of benzene rings is 1. The molecule has 326 valence electrons. The zero-order valence-electron chi connectivity index (χ0n) is 36.8. The summed E-state index contributed by atoms with van der Waals surface area (Å²) in [6, 6.07) is 7.27. The van der Waals surface area contributed by atoms with Crippen molar-refractivity contribution in [2.75, 3.05) is 28.7 Å². The number of aromatic nitrogens is 3. The molecule has 4 heterocycles. The fourth-order valence-electron chi connectivity index (χ4n) is 8.71. The SMILES string of the molecule is CC(=O)[C@H](CC(C)C)NC(=O)C(C)(C)NC(=O)[C@@H]1CCCN1C(=O)[C@@H](CC(=O)c1ccc(C)c(N2Cc3cnc(Nc4ccc(C)nc4)nc3N(C)C2=O)c1)C1CCCCC1. The standard InChI is InChI=1S/C46H61N9O6/c1-27(2)21-36(30(5)56)50-43(60)46(6,7)52-41(58)37-15-12-20-54(37)42(59)35(31-13-10-9-11-14-31)23-39(57)32-18-16-28(3)38(22-32)55-26-33-24-48-44(51-40(33)53(8)45(55)61)49-34-19-17-29(4)47-25-34/h16-19,22,24-25,27,31,35-37H,9-15,20-21,23,26H2,1-8H3,(H,50,60)(H,52,58)(H,48,49,51)/t35-,36-,37-/m0/s1. The van der Waals surface area contributed by atoms with Gasteiger partial charge in [0.15, 0.2) is 11.6 Å². The summed E-state index contributed by atoms with van der Waals surface area (Å²) in [5, 5.41) is 8.82. The highest BCUT2D eigenvalue weighted by Gasteiger charge is 2.43. The molecule has 15 nitrogen and oxygen atoms in total. The first-order chi connectivity index (χ1) is 28.9. The van der Waals surface area contributed by atoms with Crippen LogP contribution in [0.3, 0.4) is 0 Å². The van der Waals surface area contributed by atoms with Gasteiger partial charge in [-0.3, -0.25) is 38.8 Å². The molecule has 1 aromatic carbocycles. The minimum Gasteiger partial charge on any atom is -0.344 e. The molecule has 5 amide bonds. The number of hydrogen-bond acceptors (Lipinski definition) is 10. The van der Waals surface area contributed by atoms with Crippen molar-refractivity contribution in [3.05, 3.63) is 65.1 Å². The number of nitrogens with one attached hydrogen (secondary N) is 3. The van der Waals surface area contributed by atoms with Gasteiger partial charge in [0, 0.05) is 54.6 Å². The maximum atomic E-state index is 14.7. The number of ketones is 2. The Bertz CT molecular complexity index is 2150. The number of aryl methyl sites for hydroxylation is 2. The van der Waals surface area contributed by atoms with E-state index >= 15 is 0 Å². The van der Waals surface area contributed by atoms with Gasteiger partial charge in [-0.25, -0.2) is 9.78 Å².